The van der Waals surface area contributed by atoms with Gasteiger partial charge in [-0.2, -0.15) is 0 Å². The highest BCUT2D eigenvalue weighted by molar-refractivity contribution is 6.13. The van der Waals surface area contributed by atoms with Crippen molar-refractivity contribution in [2.45, 2.75) is 0 Å². The molecule has 0 amide bonds. The largest absolute Gasteiger partial charge is 0.493 e. The Labute approximate surface area is 133 Å². The minimum absolute atomic E-state index is 0.224. The Morgan fingerprint density at radius 1 is 0.870 bits per heavy atom. The van der Waals surface area contributed by atoms with E-state index in [1.807, 2.05) is 18.2 Å². The van der Waals surface area contributed by atoms with E-state index in [0.717, 1.165) is 21.5 Å². The normalized spacial score (nSPS) is 10.7. The van der Waals surface area contributed by atoms with Crippen LogP contribution in [0, 0.1) is 0 Å². The van der Waals surface area contributed by atoms with E-state index in [1.165, 1.54) is 0 Å². The van der Waals surface area contributed by atoms with Crippen molar-refractivity contribution < 1.29 is 24.1 Å². The van der Waals surface area contributed by atoms with Crippen molar-refractivity contribution in [1.29, 1.82) is 0 Å². The molecule has 3 rings (SSSR count). The Morgan fingerprint density at radius 2 is 1.52 bits per heavy atom. The molecule has 3 aromatic rings. The number of carboxylic acids is 1. The summed E-state index contributed by atoms with van der Waals surface area (Å²) in [6.07, 6.45) is 0. The smallest absolute Gasteiger partial charge is 0.335 e. The van der Waals surface area contributed by atoms with E-state index in [9.17, 15) is 9.90 Å². The second-order valence-corrected chi connectivity index (χ2v) is 5.05. The molecule has 0 heterocycles. The fourth-order valence-corrected chi connectivity index (χ4v) is 2.82. The molecule has 3 aromatic carbocycles. The van der Waals surface area contributed by atoms with Crippen molar-refractivity contribution in [2.24, 2.45) is 0 Å². The van der Waals surface area contributed by atoms with Crippen LogP contribution < -0.4 is 14.2 Å². The van der Waals surface area contributed by atoms with E-state index in [-0.39, 0.29) is 5.56 Å². The maximum absolute atomic E-state index is 11.3. The summed E-state index contributed by atoms with van der Waals surface area (Å²) in [7, 11) is 4.66. The molecule has 0 saturated heterocycles. The van der Waals surface area contributed by atoms with Gasteiger partial charge in [-0.1, -0.05) is 18.2 Å². The summed E-state index contributed by atoms with van der Waals surface area (Å²) in [6.45, 7) is 0. The Bertz CT molecular complexity index is 914. The van der Waals surface area contributed by atoms with Gasteiger partial charge in [-0.15, -0.1) is 0 Å². The van der Waals surface area contributed by atoms with E-state index < -0.39 is 5.97 Å². The van der Waals surface area contributed by atoms with Crippen molar-refractivity contribution in [2.75, 3.05) is 21.3 Å². The first-order valence-electron chi connectivity index (χ1n) is 6.99. The summed E-state index contributed by atoms with van der Waals surface area (Å²) in [4.78, 5) is 11.3. The zero-order chi connectivity index (χ0) is 16.6. The van der Waals surface area contributed by atoms with E-state index in [2.05, 4.69) is 0 Å². The van der Waals surface area contributed by atoms with E-state index in [4.69, 9.17) is 14.2 Å². The molecule has 0 unspecified atom stereocenters. The number of aromatic carboxylic acids is 1. The molecule has 0 bridgehead atoms. The molecule has 0 radical (unpaired) electrons. The molecular weight excluding hydrogens is 296 g/mol. The minimum atomic E-state index is -0.969. The lowest BCUT2D eigenvalue weighted by Gasteiger charge is -2.16. The number of methoxy groups -OCH3 is 3. The average Bonchev–Trinajstić information content (AvgIpc) is 2.58. The van der Waals surface area contributed by atoms with Gasteiger partial charge in [0.05, 0.1) is 26.9 Å². The zero-order valence-corrected chi connectivity index (χ0v) is 13.0. The first-order chi connectivity index (χ1) is 11.1. The highest BCUT2D eigenvalue weighted by Crippen LogP contribution is 2.45. The molecule has 5 nitrogen and oxygen atoms in total. The van der Waals surface area contributed by atoms with Crippen LogP contribution in [-0.4, -0.2) is 32.4 Å². The van der Waals surface area contributed by atoms with Gasteiger partial charge in [0.25, 0.3) is 0 Å². The third kappa shape index (κ3) is 2.30. The molecule has 5 heteroatoms. The molecule has 0 saturated carbocycles. The Kier molecular flexibility index (Phi) is 3.70. The summed E-state index contributed by atoms with van der Waals surface area (Å²) < 4.78 is 16.3. The number of hydrogen-bond donors (Lipinski definition) is 1. The number of hydrogen-bond acceptors (Lipinski definition) is 4. The number of carboxylic acid groups (broad SMARTS) is 1. The number of carbonyl (C=O) groups is 1. The predicted molar refractivity (Wildman–Crippen MR) is 88.1 cm³/mol. The van der Waals surface area contributed by atoms with Crippen LogP contribution in [0.4, 0.5) is 0 Å². The SMILES string of the molecule is COc1cc2ccc3ccc(C(=O)O)cc3c2c(OC)c1OC. The fraction of sp³-hybridized carbons (Fsp3) is 0.167. The van der Waals surface area contributed by atoms with Gasteiger partial charge >= 0.3 is 5.97 Å². The van der Waals surface area contributed by atoms with Crippen LogP contribution in [0.25, 0.3) is 21.5 Å². The third-order valence-corrected chi connectivity index (χ3v) is 3.87. The van der Waals surface area contributed by atoms with Gasteiger partial charge in [0.1, 0.15) is 0 Å². The van der Waals surface area contributed by atoms with E-state index in [1.54, 1.807) is 39.5 Å². The Hall–Kier alpha value is -2.95. The molecule has 118 valence electrons. The molecule has 0 atom stereocenters. The number of rotatable bonds is 4. The van der Waals surface area contributed by atoms with Crippen LogP contribution in [0.5, 0.6) is 17.2 Å². The topological polar surface area (TPSA) is 65.0 Å². The standard InChI is InChI=1S/C18H16O5/c1-21-14-9-11-6-4-10-5-7-12(18(19)20)8-13(10)15(11)17(23-3)16(14)22-2/h4-9H,1-3H3,(H,19,20). The van der Waals surface area contributed by atoms with Crippen LogP contribution in [0.2, 0.25) is 0 Å². The second-order valence-electron chi connectivity index (χ2n) is 5.05. The summed E-state index contributed by atoms with van der Waals surface area (Å²) in [5, 5.41) is 12.6. The minimum Gasteiger partial charge on any atom is -0.493 e. The second kappa shape index (κ2) is 5.68. The summed E-state index contributed by atoms with van der Waals surface area (Å²) in [5.41, 5.74) is 0.224. The molecule has 23 heavy (non-hydrogen) atoms. The Balaban J connectivity index is 2.51. The maximum atomic E-state index is 11.3. The van der Waals surface area contributed by atoms with Gasteiger partial charge < -0.3 is 19.3 Å². The quantitative estimate of drug-likeness (QED) is 0.744. The molecule has 0 aromatic heterocycles. The predicted octanol–water partition coefficient (Wildman–Crippen LogP) is 3.72. The average molecular weight is 312 g/mol. The lowest BCUT2D eigenvalue weighted by Crippen LogP contribution is -1.98. The van der Waals surface area contributed by atoms with Gasteiger partial charge in [0, 0.05) is 5.39 Å². The molecule has 0 aliphatic rings. The van der Waals surface area contributed by atoms with Gasteiger partial charge in [0.2, 0.25) is 5.75 Å². The van der Waals surface area contributed by atoms with Gasteiger partial charge in [-0.3, -0.25) is 0 Å². The number of benzene rings is 3. The van der Waals surface area contributed by atoms with Crippen LogP contribution in [0.1, 0.15) is 10.4 Å². The maximum Gasteiger partial charge on any atom is 0.335 e. The lowest BCUT2D eigenvalue weighted by molar-refractivity contribution is 0.0697. The molecule has 0 fully saturated rings. The summed E-state index contributed by atoms with van der Waals surface area (Å²) >= 11 is 0. The highest BCUT2D eigenvalue weighted by atomic mass is 16.5. The van der Waals surface area contributed by atoms with Crippen LogP contribution >= 0.6 is 0 Å². The van der Waals surface area contributed by atoms with Crippen LogP contribution in [0.15, 0.2) is 36.4 Å². The highest BCUT2D eigenvalue weighted by Gasteiger charge is 2.18. The Morgan fingerprint density at radius 3 is 2.13 bits per heavy atom. The fourth-order valence-electron chi connectivity index (χ4n) is 2.82. The van der Waals surface area contributed by atoms with Gasteiger partial charge in [-0.25, -0.2) is 4.79 Å². The van der Waals surface area contributed by atoms with Gasteiger partial charge in [-0.05, 0) is 34.4 Å². The van der Waals surface area contributed by atoms with Crippen LogP contribution in [0.3, 0.4) is 0 Å². The van der Waals surface area contributed by atoms with Crippen molar-refractivity contribution >= 4 is 27.5 Å². The summed E-state index contributed by atoms with van der Waals surface area (Å²) in [6, 6.07) is 10.8. The molecule has 0 spiro atoms. The third-order valence-electron chi connectivity index (χ3n) is 3.87. The molecule has 0 aliphatic heterocycles. The first-order valence-corrected chi connectivity index (χ1v) is 6.99. The first kappa shape index (κ1) is 15.0. The van der Waals surface area contributed by atoms with Gasteiger partial charge in [0.15, 0.2) is 11.5 Å². The zero-order valence-electron chi connectivity index (χ0n) is 13.0. The molecular formula is C18H16O5. The van der Waals surface area contributed by atoms with E-state index in [0.29, 0.717) is 17.2 Å². The van der Waals surface area contributed by atoms with Crippen molar-refractivity contribution in [1.82, 2.24) is 0 Å². The summed E-state index contributed by atoms with van der Waals surface area (Å²) in [5.74, 6) is 0.597. The number of ether oxygens (including phenoxy) is 3. The monoisotopic (exact) mass is 312 g/mol. The van der Waals surface area contributed by atoms with Crippen molar-refractivity contribution in [3.8, 4) is 17.2 Å². The molecule has 1 N–H and O–H groups in total. The van der Waals surface area contributed by atoms with E-state index >= 15 is 0 Å². The van der Waals surface area contributed by atoms with Crippen molar-refractivity contribution in [3.63, 3.8) is 0 Å². The van der Waals surface area contributed by atoms with Crippen molar-refractivity contribution in [3.05, 3.63) is 42.0 Å². The number of fused-ring (bicyclic) bond motifs is 3. The molecule has 0 aliphatic carbocycles. The van der Waals surface area contributed by atoms with Crippen LogP contribution in [-0.2, 0) is 0 Å². The lowest BCUT2D eigenvalue weighted by atomic mass is 9.98.